The van der Waals surface area contributed by atoms with Crippen molar-refractivity contribution >= 4 is 33.9 Å². The number of aldehydes is 1. The van der Waals surface area contributed by atoms with E-state index in [1.54, 1.807) is 30.3 Å². The molecular formula is C21H29N7O5S. The van der Waals surface area contributed by atoms with Crippen LogP contribution in [0.3, 0.4) is 0 Å². The second-order valence-corrected chi connectivity index (χ2v) is 9.67. The lowest BCUT2D eigenvalue weighted by Crippen LogP contribution is -2.49. The van der Waals surface area contributed by atoms with Crippen LogP contribution in [0.2, 0.25) is 0 Å². The van der Waals surface area contributed by atoms with Crippen molar-refractivity contribution in [3.05, 3.63) is 58.3 Å². The molecule has 1 unspecified atom stereocenters. The molecule has 0 spiro atoms. The predicted octanol–water partition coefficient (Wildman–Crippen LogP) is -0.379. The summed E-state index contributed by atoms with van der Waals surface area (Å²) < 4.78 is 28.3. The van der Waals surface area contributed by atoms with Gasteiger partial charge in [-0.25, -0.2) is 13.4 Å². The minimum absolute atomic E-state index is 0.0709. The molecule has 0 radical (unpaired) electrons. The Morgan fingerprint density at radius 2 is 1.94 bits per heavy atom. The smallest absolute Gasteiger partial charge is 0.278 e. The summed E-state index contributed by atoms with van der Waals surface area (Å²) in [5.41, 5.74) is 8.85. The molecule has 0 aliphatic carbocycles. The third kappa shape index (κ3) is 7.99. The fourth-order valence-electron chi connectivity index (χ4n) is 3.14. The molecule has 0 saturated heterocycles. The molecule has 0 aliphatic rings. The highest BCUT2D eigenvalue weighted by atomic mass is 32.2. The van der Waals surface area contributed by atoms with Crippen molar-refractivity contribution < 1.29 is 18.0 Å². The van der Waals surface area contributed by atoms with Crippen molar-refractivity contribution in [2.45, 2.75) is 44.5 Å². The van der Waals surface area contributed by atoms with E-state index in [1.807, 2.05) is 0 Å². The first-order valence-electron chi connectivity index (χ1n) is 10.4. The highest BCUT2D eigenvalue weighted by Gasteiger charge is 2.26. The van der Waals surface area contributed by atoms with Gasteiger partial charge in [-0.2, -0.15) is 0 Å². The quantitative estimate of drug-likeness (QED) is 0.134. The van der Waals surface area contributed by atoms with E-state index in [4.69, 9.17) is 11.5 Å². The third-order valence-corrected chi connectivity index (χ3v) is 6.09. The number of rotatable bonds is 12. The Hall–Kier alpha value is -3.74. The number of anilines is 1. The first kappa shape index (κ1) is 26.5. The van der Waals surface area contributed by atoms with Gasteiger partial charge in [0.05, 0.1) is 17.5 Å². The van der Waals surface area contributed by atoms with Crippen LogP contribution in [0.1, 0.15) is 31.2 Å². The van der Waals surface area contributed by atoms with Gasteiger partial charge in [-0.3, -0.25) is 23.9 Å². The first-order chi connectivity index (χ1) is 15.9. The molecule has 1 aromatic heterocycles. The maximum atomic E-state index is 12.9. The standard InChI is InChI=1S/C21H29N7O5S/c1-15-25-11-17(27-34(32,33)13-16-7-4-3-5-8-16)19(31)28(15)12-18(30)26-21(2,14-29)9-6-10-24-20(22)23/h3-5,7-8,11,14,27H,6,9-10,12-13H2,1-2H3,(H,26,30)(H4,22,23,24). The highest BCUT2D eigenvalue weighted by Crippen LogP contribution is 2.11. The Kier molecular flexibility index (Phi) is 8.90. The van der Waals surface area contributed by atoms with E-state index in [9.17, 15) is 22.8 Å². The van der Waals surface area contributed by atoms with Gasteiger partial charge in [-0.05, 0) is 32.3 Å². The number of hydrogen-bond donors (Lipinski definition) is 4. The van der Waals surface area contributed by atoms with Gasteiger partial charge in [0.1, 0.15) is 24.3 Å². The number of carbonyl (C=O) groups excluding carboxylic acids is 2. The fourth-order valence-corrected chi connectivity index (χ4v) is 4.31. The Morgan fingerprint density at radius 1 is 1.26 bits per heavy atom. The number of aromatic nitrogens is 2. The Labute approximate surface area is 197 Å². The summed E-state index contributed by atoms with van der Waals surface area (Å²) in [6.07, 6.45) is 2.41. The minimum atomic E-state index is -3.90. The van der Waals surface area contributed by atoms with Crippen LogP contribution in [0.4, 0.5) is 5.69 Å². The first-order valence-corrected chi connectivity index (χ1v) is 12.0. The third-order valence-electron chi connectivity index (χ3n) is 4.85. The molecule has 1 heterocycles. The van der Waals surface area contributed by atoms with Crippen LogP contribution in [0, 0.1) is 6.92 Å². The number of guanidine groups is 1. The topological polar surface area (TPSA) is 192 Å². The second kappa shape index (κ2) is 11.4. The van der Waals surface area contributed by atoms with E-state index in [0.717, 1.165) is 10.8 Å². The van der Waals surface area contributed by atoms with Gasteiger partial charge in [-0.1, -0.05) is 30.3 Å². The highest BCUT2D eigenvalue weighted by molar-refractivity contribution is 7.91. The van der Waals surface area contributed by atoms with Crippen LogP contribution in [-0.2, 0) is 31.9 Å². The van der Waals surface area contributed by atoms with Crippen molar-refractivity contribution in [1.29, 1.82) is 0 Å². The van der Waals surface area contributed by atoms with E-state index >= 15 is 0 Å². The Morgan fingerprint density at radius 3 is 2.56 bits per heavy atom. The molecule has 1 aromatic carbocycles. The number of aliphatic imine (C=N–C) groups is 1. The van der Waals surface area contributed by atoms with Crippen LogP contribution in [0.25, 0.3) is 0 Å². The number of sulfonamides is 1. The molecule has 13 heteroatoms. The zero-order valence-corrected chi connectivity index (χ0v) is 19.8. The summed E-state index contributed by atoms with van der Waals surface area (Å²) in [7, 11) is -3.90. The van der Waals surface area contributed by atoms with E-state index in [2.05, 4.69) is 20.0 Å². The number of nitrogens with two attached hydrogens (primary N) is 2. The van der Waals surface area contributed by atoms with Crippen LogP contribution in [-0.4, -0.2) is 48.2 Å². The van der Waals surface area contributed by atoms with Gasteiger partial charge < -0.3 is 21.6 Å². The molecule has 2 rings (SSSR count). The number of nitrogens with one attached hydrogen (secondary N) is 2. The van der Waals surface area contributed by atoms with Crippen LogP contribution in [0.15, 0.2) is 46.3 Å². The second-order valence-electron chi connectivity index (χ2n) is 7.95. The summed E-state index contributed by atoms with van der Waals surface area (Å²) in [5.74, 6) is -0.822. The normalized spacial score (nSPS) is 12.9. The molecule has 34 heavy (non-hydrogen) atoms. The maximum Gasteiger partial charge on any atom is 0.278 e. The lowest BCUT2D eigenvalue weighted by molar-refractivity contribution is -0.127. The number of benzene rings is 1. The van der Waals surface area contributed by atoms with Crippen molar-refractivity contribution in [3.8, 4) is 0 Å². The van der Waals surface area contributed by atoms with Crippen molar-refractivity contribution in [3.63, 3.8) is 0 Å². The number of aryl methyl sites for hydroxylation is 1. The Balaban J connectivity index is 2.13. The summed E-state index contributed by atoms with van der Waals surface area (Å²) in [5, 5.41) is 2.59. The van der Waals surface area contributed by atoms with E-state index in [-0.39, 0.29) is 36.2 Å². The zero-order chi connectivity index (χ0) is 25.4. The van der Waals surface area contributed by atoms with Gasteiger partial charge in [0.25, 0.3) is 5.56 Å². The van der Waals surface area contributed by atoms with Crippen LogP contribution < -0.4 is 27.1 Å². The zero-order valence-electron chi connectivity index (χ0n) is 19.0. The van der Waals surface area contributed by atoms with Gasteiger partial charge in [0, 0.05) is 6.54 Å². The van der Waals surface area contributed by atoms with E-state index in [0.29, 0.717) is 18.3 Å². The Bertz CT molecular complexity index is 1210. The van der Waals surface area contributed by atoms with E-state index in [1.165, 1.54) is 13.8 Å². The molecular weight excluding hydrogens is 462 g/mol. The molecule has 184 valence electrons. The van der Waals surface area contributed by atoms with Gasteiger partial charge in [-0.15, -0.1) is 0 Å². The molecule has 0 saturated carbocycles. The molecule has 2 aromatic rings. The predicted molar refractivity (Wildman–Crippen MR) is 128 cm³/mol. The lowest BCUT2D eigenvalue weighted by atomic mass is 9.97. The molecule has 0 fully saturated rings. The van der Waals surface area contributed by atoms with Gasteiger partial charge >= 0.3 is 0 Å². The number of hydrogen-bond acceptors (Lipinski definition) is 7. The molecule has 1 atom stereocenters. The summed E-state index contributed by atoms with van der Waals surface area (Å²) in [4.78, 5) is 44.9. The van der Waals surface area contributed by atoms with Gasteiger partial charge in [0.15, 0.2) is 5.96 Å². The number of amides is 1. The molecule has 6 N–H and O–H groups in total. The van der Waals surface area contributed by atoms with Crippen LogP contribution >= 0.6 is 0 Å². The average Bonchev–Trinajstić information content (AvgIpc) is 2.76. The maximum absolute atomic E-state index is 12.9. The van der Waals surface area contributed by atoms with Crippen molar-refractivity contribution in [2.75, 3.05) is 11.3 Å². The molecule has 0 bridgehead atoms. The van der Waals surface area contributed by atoms with Gasteiger partial charge in [0.2, 0.25) is 15.9 Å². The van der Waals surface area contributed by atoms with Crippen LogP contribution in [0.5, 0.6) is 0 Å². The molecule has 12 nitrogen and oxygen atoms in total. The SMILES string of the molecule is Cc1ncc(NS(=O)(=O)Cc2ccccc2)c(=O)n1CC(=O)NC(C)(C=O)CCCN=C(N)N. The summed E-state index contributed by atoms with van der Waals surface area (Å²) >= 11 is 0. The largest absolute Gasteiger partial charge is 0.370 e. The number of carbonyl (C=O) groups is 2. The average molecular weight is 492 g/mol. The fraction of sp³-hybridized carbons (Fsp3) is 0.381. The molecule has 1 amide bonds. The van der Waals surface area contributed by atoms with E-state index < -0.39 is 33.6 Å². The number of nitrogens with zero attached hydrogens (tertiary/aromatic N) is 3. The van der Waals surface area contributed by atoms with Crippen molar-refractivity contribution in [2.24, 2.45) is 16.5 Å². The lowest BCUT2D eigenvalue weighted by Gasteiger charge is -2.25. The van der Waals surface area contributed by atoms with Crippen molar-refractivity contribution in [1.82, 2.24) is 14.9 Å². The summed E-state index contributed by atoms with van der Waals surface area (Å²) in [6.45, 7) is 2.87. The minimum Gasteiger partial charge on any atom is -0.370 e. The molecule has 0 aliphatic heterocycles. The summed E-state index contributed by atoms with van der Waals surface area (Å²) in [6, 6.07) is 8.47. The monoisotopic (exact) mass is 491 g/mol.